The van der Waals surface area contributed by atoms with E-state index in [2.05, 4.69) is 16.3 Å². The fraction of sp³-hybridized carbons (Fsp3) is 0.400. The highest BCUT2D eigenvalue weighted by atomic mass is 19.1. The normalized spacial score (nSPS) is 15.9. The summed E-state index contributed by atoms with van der Waals surface area (Å²) in [6.07, 6.45) is 1.79. The lowest BCUT2D eigenvalue weighted by molar-refractivity contribution is -0.133. The zero-order valence-electron chi connectivity index (χ0n) is 18.6. The van der Waals surface area contributed by atoms with E-state index in [1.807, 2.05) is 28.0 Å². The van der Waals surface area contributed by atoms with Crippen LogP contribution < -0.4 is 10.2 Å². The number of fused-ring (bicyclic) bond motifs is 1. The van der Waals surface area contributed by atoms with Crippen LogP contribution >= 0.6 is 0 Å². The van der Waals surface area contributed by atoms with E-state index >= 15 is 0 Å². The third kappa shape index (κ3) is 5.76. The van der Waals surface area contributed by atoms with E-state index in [4.69, 9.17) is 0 Å². The first-order chi connectivity index (χ1) is 16.0. The average Bonchev–Trinajstić information content (AvgIpc) is 3.27. The lowest BCUT2D eigenvalue weighted by Gasteiger charge is -2.35. The Bertz CT molecular complexity index is 1000. The van der Waals surface area contributed by atoms with Gasteiger partial charge in [0.2, 0.25) is 11.8 Å². The van der Waals surface area contributed by atoms with Gasteiger partial charge in [0.15, 0.2) is 0 Å². The molecule has 7 nitrogen and oxygen atoms in total. The topological polar surface area (TPSA) is 73.0 Å². The summed E-state index contributed by atoms with van der Waals surface area (Å²) in [7, 11) is 0. The van der Waals surface area contributed by atoms with E-state index in [-0.39, 0.29) is 23.5 Å². The third-order valence-electron chi connectivity index (χ3n) is 6.23. The van der Waals surface area contributed by atoms with Gasteiger partial charge in [-0.1, -0.05) is 18.2 Å². The van der Waals surface area contributed by atoms with Crippen LogP contribution in [0.5, 0.6) is 0 Å². The second-order valence-electron chi connectivity index (χ2n) is 8.45. The molecule has 0 bridgehead atoms. The van der Waals surface area contributed by atoms with Crippen molar-refractivity contribution in [2.24, 2.45) is 0 Å². The van der Waals surface area contributed by atoms with Gasteiger partial charge in [-0.05, 0) is 48.7 Å². The monoisotopic (exact) mass is 452 g/mol. The molecule has 0 aliphatic carbocycles. The first-order valence-corrected chi connectivity index (χ1v) is 11.4. The van der Waals surface area contributed by atoms with Crippen LogP contribution in [0.15, 0.2) is 48.5 Å². The summed E-state index contributed by atoms with van der Waals surface area (Å²) in [5, 5.41) is 2.76. The Kier molecular flexibility index (Phi) is 7.34. The zero-order valence-corrected chi connectivity index (χ0v) is 18.6. The highest BCUT2D eigenvalue weighted by Gasteiger charge is 2.27. The molecule has 33 heavy (non-hydrogen) atoms. The van der Waals surface area contributed by atoms with Gasteiger partial charge in [0.05, 0.1) is 6.54 Å². The SMILES string of the molecule is O=C(NCCCC(=O)N1CCN(CC(=O)N2CCc3ccccc32)CC1)c1ccc(F)cc1. The molecule has 1 fully saturated rings. The van der Waals surface area contributed by atoms with Crippen molar-refractivity contribution in [2.45, 2.75) is 19.3 Å². The second-order valence-corrected chi connectivity index (χ2v) is 8.45. The molecule has 0 unspecified atom stereocenters. The molecule has 0 spiro atoms. The lowest BCUT2D eigenvalue weighted by atomic mass is 10.2. The largest absolute Gasteiger partial charge is 0.352 e. The van der Waals surface area contributed by atoms with E-state index in [1.54, 1.807) is 0 Å². The number of halogens is 1. The molecule has 0 atom stereocenters. The fourth-order valence-corrected chi connectivity index (χ4v) is 4.33. The predicted octanol–water partition coefficient (Wildman–Crippen LogP) is 2.07. The van der Waals surface area contributed by atoms with Gasteiger partial charge in [0, 0.05) is 56.9 Å². The number of carbonyl (C=O) groups is 3. The van der Waals surface area contributed by atoms with E-state index in [0.29, 0.717) is 57.7 Å². The van der Waals surface area contributed by atoms with Crippen LogP contribution in [0.4, 0.5) is 10.1 Å². The maximum absolute atomic E-state index is 12.9. The van der Waals surface area contributed by atoms with Gasteiger partial charge < -0.3 is 15.1 Å². The number of nitrogens with zero attached hydrogens (tertiary/aromatic N) is 3. The molecule has 2 aromatic carbocycles. The molecule has 174 valence electrons. The number of nitrogens with one attached hydrogen (secondary N) is 1. The second kappa shape index (κ2) is 10.6. The van der Waals surface area contributed by atoms with Crippen LogP contribution in [0.1, 0.15) is 28.8 Å². The Morgan fingerprint density at radius 1 is 0.879 bits per heavy atom. The van der Waals surface area contributed by atoms with Crippen molar-refractivity contribution in [3.8, 4) is 0 Å². The Labute approximate surface area is 193 Å². The van der Waals surface area contributed by atoms with Crippen molar-refractivity contribution in [1.29, 1.82) is 0 Å². The number of rotatable bonds is 7. The van der Waals surface area contributed by atoms with Crippen LogP contribution in [0.2, 0.25) is 0 Å². The summed E-state index contributed by atoms with van der Waals surface area (Å²) in [5.41, 5.74) is 2.63. The molecule has 2 aliphatic heterocycles. The Hall–Kier alpha value is -3.26. The summed E-state index contributed by atoms with van der Waals surface area (Å²) in [5.74, 6) is -0.494. The predicted molar refractivity (Wildman–Crippen MR) is 123 cm³/mol. The Morgan fingerprint density at radius 3 is 2.36 bits per heavy atom. The van der Waals surface area contributed by atoms with Crippen LogP contribution in [-0.2, 0) is 16.0 Å². The summed E-state index contributed by atoms with van der Waals surface area (Å²) in [6.45, 7) is 4.03. The van der Waals surface area contributed by atoms with Crippen molar-refractivity contribution in [1.82, 2.24) is 15.1 Å². The lowest BCUT2D eigenvalue weighted by Crippen LogP contribution is -2.51. The molecule has 8 heteroatoms. The highest BCUT2D eigenvalue weighted by molar-refractivity contribution is 5.96. The highest BCUT2D eigenvalue weighted by Crippen LogP contribution is 2.27. The summed E-state index contributed by atoms with van der Waals surface area (Å²) >= 11 is 0. The Balaban J connectivity index is 1.14. The molecular formula is C25H29FN4O3. The van der Waals surface area contributed by atoms with Crippen LogP contribution in [0.3, 0.4) is 0 Å². The van der Waals surface area contributed by atoms with E-state index < -0.39 is 0 Å². The molecule has 0 radical (unpaired) electrons. The van der Waals surface area contributed by atoms with Crippen LogP contribution in [0, 0.1) is 5.82 Å². The molecule has 2 heterocycles. The standard InChI is InChI=1S/C25H29FN4O3/c26-21-9-7-20(8-10-21)25(33)27-12-3-6-23(31)29-16-14-28(15-17-29)18-24(32)30-13-11-19-4-1-2-5-22(19)30/h1-2,4-5,7-10H,3,6,11-18H2,(H,27,33). The number of hydrogen-bond acceptors (Lipinski definition) is 4. The van der Waals surface area contributed by atoms with Crippen molar-refractivity contribution in [3.05, 3.63) is 65.5 Å². The van der Waals surface area contributed by atoms with E-state index in [0.717, 1.165) is 18.7 Å². The van der Waals surface area contributed by atoms with Crippen molar-refractivity contribution < 1.29 is 18.8 Å². The number of para-hydroxylation sites is 1. The molecule has 1 N–H and O–H groups in total. The maximum atomic E-state index is 12.9. The fourth-order valence-electron chi connectivity index (χ4n) is 4.33. The van der Waals surface area contributed by atoms with Gasteiger partial charge in [0.1, 0.15) is 5.82 Å². The van der Waals surface area contributed by atoms with Gasteiger partial charge in [-0.15, -0.1) is 0 Å². The molecule has 2 aliphatic rings. The molecule has 4 rings (SSSR count). The van der Waals surface area contributed by atoms with Gasteiger partial charge in [0.25, 0.3) is 5.91 Å². The van der Waals surface area contributed by atoms with Gasteiger partial charge in [-0.3, -0.25) is 19.3 Å². The molecular weight excluding hydrogens is 423 g/mol. The summed E-state index contributed by atoms with van der Waals surface area (Å²) in [6, 6.07) is 13.4. The van der Waals surface area contributed by atoms with Crippen molar-refractivity contribution >= 4 is 23.4 Å². The first-order valence-electron chi connectivity index (χ1n) is 11.4. The smallest absolute Gasteiger partial charge is 0.251 e. The van der Waals surface area contributed by atoms with Crippen LogP contribution in [-0.4, -0.2) is 73.3 Å². The molecule has 3 amide bonds. The van der Waals surface area contributed by atoms with E-state index in [1.165, 1.54) is 29.8 Å². The minimum atomic E-state index is -0.386. The third-order valence-corrected chi connectivity index (χ3v) is 6.23. The Morgan fingerprint density at radius 2 is 1.61 bits per heavy atom. The van der Waals surface area contributed by atoms with Gasteiger partial charge in [-0.2, -0.15) is 0 Å². The van der Waals surface area contributed by atoms with Gasteiger partial charge in [-0.25, -0.2) is 4.39 Å². The number of anilines is 1. The first kappa shape index (κ1) is 22.9. The zero-order chi connectivity index (χ0) is 23.2. The molecule has 2 aromatic rings. The van der Waals surface area contributed by atoms with Crippen LogP contribution in [0.25, 0.3) is 0 Å². The van der Waals surface area contributed by atoms with Crippen molar-refractivity contribution in [2.75, 3.05) is 50.7 Å². The summed E-state index contributed by atoms with van der Waals surface area (Å²) in [4.78, 5) is 43.1. The number of amides is 3. The molecule has 0 saturated carbocycles. The average molecular weight is 453 g/mol. The molecule has 0 aromatic heterocycles. The van der Waals surface area contributed by atoms with Crippen molar-refractivity contribution in [3.63, 3.8) is 0 Å². The molecule has 1 saturated heterocycles. The minimum absolute atomic E-state index is 0.0606. The van der Waals surface area contributed by atoms with E-state index in [9.17, 15) is 18.8 Å². The summed E-state index contributed by atoms with van der Waals surface area (Å²) < 4.78 is 12.9. The van der Waals surface area contributed by atoms with Gasteiger partial charge >= 0.3 is 0 Å². The number of hydrogen-bond donors (Lipinski definition) is 1. The minimum Gasteiger partial charge on any atom is -0.352 e. The quantitative estimate of drug-likeness (QED) is 0.653. The maximum Gasteiger partial charge on any atom is 0.251 e. The number of carbonyl (C=O) groups excluding carboxylic acids is 3. The number of benzene rings is 2. The number of piperazine rings is 1.